The van der Waals surface area contributed by atoms with Gasteiger partial charge >= 0.3 is 12.2 Å². The SMILES string of the molecule is COC(=O)N[C@H](C(=O)N1C[C@@H](C)CC1c1ncc(C#Cc2ccc(-c3cc4[nH]c([C@@H]5C[C@H](C)CN5C(=O)[C@@H](NC(=O)OC)C(C)C)nc4s3)cc2)[nH]1)C(C)C. The van der Waals surface area contributed by atoms with E-state index >= 15 is 0 Å². The number of aromatic amines is 2. The van der Waals surface area contributed by atoms with E-state index in [2.05, 4.69) is 57.3 Å². The van der Waals surface area contributed by atoms with E-state index in [1.165, 1.54) is 14.2 Å². The second-order valence-electron chi connectivity index (χ2n) is 15.4. The molecule has 2 aliphatic rings. The first-order valence-electron chi connectivity index (χ1n) is 18.7. The number of H-pyrrole nitrogens is 2. The van der Waals surface area contributed by atoms with Crippen LogP contribution in [0.15, 0.2) is 36.5 Å². The van der Waals surface area contributed by atoms with Crippen LogP contribution in [-0.4, -0.2) is 93.1 Å². The molecule has 4 aromatic rings. The van der Waals surface area contributed by atoms with Gasteiger partial charge in [0.1, 0.15) is 34.3 Å². The van der Waals surface area contributed by atoms with Crippen LogP contribution in [0.3, 0.4) is 0 Å². The number of carbonyl (C=O) groups excluding carboxylic acids is 4. The fraction of sp³-hybridized carbons (Fsp3) is 0.500. The van der Waals surface area contributed by atoms with Crippen molar-refractivity contribution in [3.8, 4) is 22.3 Å². The number of rotatable bonds is 9. The number of ether oxygens (including phenoxy) is 2. The number of alkyl carbamates (subject to hydrolysis) is 2. The van der Waals surface area contributed by atoms with Crippen molar-refractivity contribution in [1.82, 2.24) is 40.4 Å². The molecule has 0 bridgehead atoms. The van der Waals surface area contributed by atoms with Gasteiger partial charge in [-0.3, -0.25) is 9.59 Å². The Bertz CT molecular complexity index is 2060. The van der Waals surface area contributed by atoms with Gasteiger partial charge in [-0.25, -0.2) is 19.6 Å². The first-order chi connectivity index (χ1) is 26.3. The van der Waals surface area contributed by atoms with Crippen LogP contribution in [-0.2, 0) is 19.1 Å². The zero-order valence-electron chi connectivity index (χ0n) is 32.6. The standard InChI is InChI=1S/C40H50N8O6S/c1-21(2)32(44-39(51)53-7)37(49)47-19-23(5)15-29(47)34-41-18-27(42-34)14-11-25-9-12-26(13-10-25)31-17-28-36(55-31)46-35(43-28)30-16-24(6)20-48(30)38(50)33(22(3)4)45-40(52)54-8/h9-10,12-13,17-18,21-24,29-30,32-33H,15-16,19-20H2,1-8H3,(H,41,42)(H,43,46)(H,44,51)(H,45,52)/t23-,24-,29?,30-,32-,33-/m0/s1. The van der Waals surface area contributed by atoms with E-state index in [0.29, 0.717) is 24.6 Å². The van der Waals surface area contributed by atoms with Gasteiger partial charge in [0.15, 0.2) is 0 Å². The first-order valence-corrected chi connectivity index (χ1v) is 19.5. The number of benzene rings is 1. The van der Waals surface area contributed by atoms with Crippen molar-refractivity contribution >= 4 is 45.7 Å². The van der Waals surface area contributed by atoms with E-state index in [9.17, 15) is 19.2 Å². The summed E-state index contributed by atoms with van der Waals surface area (Å²) in [7, 11) is 2.57. The van der Waals surface area contributed by atoms with Crippen molar-refractivity contribution in [3.63, 3.8) is 0 Å². The molecule has 6 rings (SSSR count). The van der Waals surface area contributed by atoms with Gasteiger partial charge in [-0.2, -0.15) is 0 Å². The lowest BCUT2D eigenvalue weighted by atomic mass is 10.0. The minimum atomic E-state index is -0.708. The van der Waals surface area contributed by atoms with Gasteiger partial charge in [-0.1, -0.05) is 59.6 Å². The average molecular weight is 771 g/mol. The Balaban J connectivity index is 1.12. The van der Waals surface area contributed by atoms with Crippen LogP contribution < -0.4 is 10.6 Å². The zero-order chi connectivity index (χ0) is 39.6. The predicted molar refractivity (Wildman–Crippen MR) is 209 cm³/mol. The molecule has 5 heterocycles. The Morgan fingerprint density at radius 1 is 0.818 bits per heavy atom. The molecule has 2 aliphatic heterocycles. The summed E-state index contributed by atoms with van der Waals surface area (Å²) in [5.41, 5.74) is 3.42. The summed E-state index contributed by atoms with van der Waals surface area (Å²) in [5.74, 6) is 7.82. The van der Waals surface area contributed by atoms with Gasteiger partial charge in [0.25, 0.3) is 0 Å². The lowest BCUT2D eigenvalue weighted by molar-refractivity contribution is -0.136. The lowest BCUT2D eigenvalue weighted by Gasteiger charge is -2.30. The van der Waals surface area contributed by atoms with Crippen molar-refractivity contribution in [1.29, 1.82) is 0 Å². The number of nitrogens with one attached hydrogen (secondary N) is 4. The second-order valence-corrected chi connectivity index (χ2v) is 16.4. The van der Waals surface area contributed by atoms with Crippen LogP contribution in [0.2, 0.25) is 0 Å². The van der Waals surface area contributed by atoms with E-state index in [4.69, 9.17) is 14.5 Å². The van der Waals surface area contributed by atoms with Gasteiger partial charge in [0, 0.05) is 23.5 Å². The summed E-state index contributed by atoms with van der Waals surface area (Å²) in [6, 6.07) is 8.22. The first kappa shape index (κ1) is 39.3. The van der Waals surface area contributed by atoms with Gasteiger partial charge in [0.05, 0.1) is 38.0 Å². The molecule has 0 radical (unpaired) electrons. The lowest BCUT2D eigenvalue weighted by Crippen LogP contribution is -2.51. The molecule has 55 heavy (non-hydrogen) atoms. The summed E-state index contributed by atoms with van der Waals surface area (Å²) in [5, 5.41) is 5.40. The molecule has 14 nitrogen and oxygen atoms in total. The number of carbonyl (C=O) groups is 4. The summed E-state index contributed by atoms with van der Waals surface area (Å²) in [4.78, 5) is 73.1. The molecule has 0 saturated carbocycles. The minimum Gasteiger partial charge on any atom is -0.453 e. The van der Waals surface area contributed by atoms with Gasteiger partial charge in [-0.15, -0.1) is 11.3 Å². The fourth-order valence-corrected chi connectivity index (χ4v) is 8.41. The smallest absolute Gasteiger partial charge is 0.407 e. The van der Waals surface area contributed by atoms with E-state index in [-0.39, 0.29) is 47.6 Å². The third-order valence-electron chi connectivity index (χ3n) is 10.3. The van der Waals surface area contributed by atoms with Crippen LogP contribution in [0.5, 0.6) is 0 Å². The highest BCUT2D eigenvalue weighted by Gasteiger charge is 2.41. The number of imidazole rings is 2. The molecule has 2 saturated heterocycles. The van der Waals surface area contributed by atoms with E-state index < -0.39 is 24.3 Å². The summed E-state index contributed by atoms with van der Waals surface area (Å²) in [6.07, 6.45) is 1.95. The van der Waals surface area contributed by atoms with Gasteiger partial charge in [-0.05, 0) is 66.2 Å². The molecule has 3 aromatic heterocycles. The number of nitrogens with zero attached hydrogens (tertiary/aromatic N) is 4. The number of fused-ring (bicyclic) bond motifs is 1. The van der Waals surface area contributed by atoms with Crippen molar-refractivity contribution in [3.05, 3.63) is 59.4 Å². The molecule has 1 unspecified atom stereocenters. The molecule has 1 aromatic carbocycles. The maximum Gasteiger partial charge on any atom is 0.407 e. The van der Waals surface area contributed by atoms with Crippen LogP contribution in [0.4, 0.5) is 9.59 Å². The Morgan fingerprint density at radius 2 is 1.36 bits per heavy atom. The summed E-state index contributed by atoms with van der Waals surface area (Å²) >= 11 is 1.58. The average Bonchev–Trinajstić information content (AvgIpc) is 4.00. The van der Waals surface area contributed by atoms with Crippen LogP contribution in [0, 0.1) is 35.5 Å². The number of aromatic nitrogens is 4. The quantitative estimate of drug-likeness (QED) is 0.150. The minimum absolute atomic E-state index is 0.111. The number of hydrogen-bond acceptors (Lipinski definition) is 9. The van der Waals surface area contributed by atoms with Crippen molar-refractivity contribution in [2.24, 2.45) is 23.7 Å². The number of amides is 4. The summed E-state index contributed by atoms with van der Waals surface area (Å²) in [6.45, 7) is 13.0. The number of methoxy groups -OCH3 is 2. The van der Waals surface area contributed by atoms with E-state index in [1.54, 1.807) is 22.4 Å². The fourth-order valence-electron chi connectivity index (χ4n) is 7.41. The normalized spacial score (nSPS) is 20.7. The number of likely N-dealkylation sites (tertiary alicyclic amines) is 2. The summed E-state index contributed by atoms with van der Waals surface area (Å²) < 4.78 is 9.52. The predicted octanol–water partition coefficient (Wildman–Crippen LogP) is 5.99. The molecular weight excluding hydrogens is 721 g/mol. The Hall–Kier alpha value is -5.36. The molecule has 6 atom stereocenters. The number of thiophene rings is 1. The third kappa shape index (κ3) is 8.64. The Morgan fingerprint density at radius 3 is 1.87 bits per heavy atom. The Labute approximate surface area is 325 Å². The third-order valence-corrected chi connectivity index (χ3v) is 11.4. The largest absolute Gasteiger partial charge is 0.453 e. The van der Waals surface area contributed by atoms with Crippen molar-refractivity contribution in [2.45, 2.75) is 78.6 Å². The highest BCUT2D eigenvalue weighted by Crippen LogP contribution is 2.39. The zero-order valence-corrected chi connectivity index (χ0v) is 33.4. The highest BCUT2D eigenvalue weighted by molar-refractivity contribution is 7.21. The van der Waals surface area contributed by atoms with Crippen LogP contribution in [0.25, 0.3) is 20.8 Å². The van der Waals surface area contributed by atoms with Gasteiger partial charge < -0.3 is 39.9 Å². The maximum absolute atomic E-state index is 13.7. The molecule has 2 fully saturated rings. The molecule has 292 valence electrons. The Kier molecular flexibility index (Phi) is 11.8. The topological polar surface area (TPSA) is 175 Å². The maximum atomic E-state index is 13.7. The van der Waals surface area contributed by atoms with Crippen LogP contribution in [0.1, 0.15) is 89.4 Å². The van der Waals surface area contributed by atoms with Crippen molar-refractivity contribution in [2.75, 3.05) is 27.3 Å². The highest BCUT2D eigenvalue weighted by atomic mass is 32.1. The van der Waals surface area contributed by atoms with Gasteiger partial charge in [0.2, 0.25) is 11.8 Å². The molecular formula is C40H50N8O6S. The molecule has 0 spiro atoms. The van der Waals surface area contributed by atoms with E-state index in [0.717, 1.165) is 45.0 Å². The molecule has 0 aliphatic carbocycles. The van der Waals surface area contributed by atoms with Crippen molar-refractivity contribution < 1.29 is 28.7 Å². The monoisotopic (exact) mass is 770 g/mol. The molecule has 15 heteroatoms. The molecule has 4 N–H and O–H groups in total. The number of hydrogen-bond donors (Lipinski definition) is 4. The van der Waals surface area contributed by atoms with E-state index in [1.807, 2.05) is 56.9 Å². The van der Waals surface area contributed by atoms with Crippen LogP contribution >= 0.6 is 11.3 Å². The molecule has 4 amide bonds. The second kappa shape index (κ2) is 16.6.